The van der Waals surface area contributed by atoms with Gasteiger partial charge in [-0.05, 0) is 56.7 Å². The molecule has 0 aliphatic rings. The summed E-state index contributed by atoms with van der Waals surface area (Å²) in [7, 11) is -3.44. The summed E-state index contributed by atoms with van der Waals surface area (Å²) in [5.74, 6) is 4.87. The molecule has 0 spiro atoms. The number of hydrogen-bond donors (Lipinski definition) is 1. The topological polar surface area (TPSA) is 104 Å². The average Bonchev–Trinajstić information content (AvgIpc) is 2.65. The van der Waals surface area contributed by atoms with Gasteiger partial charge in [-0.3, -0.25) is 0 Å². The first kappa shape index (κ1) is 21.0. The van der Waals surface area contributed by atoms with Crippen molar-refractivity contribution in [3.05, 3.63) is 58.7 Å². The number of rotatable bonds is 5. The number of carboxylic acid groups (broad SMARTS) is 1. The molecule has 0 heterocycles. The molecule has 0 radical (unpaired) electrons. The number of sulfone groups is 1. The van der Waals surface area contributed by atoms with Gasteiger partial charge in [0.2, 0.25) is 0 Å². The molecule has 0 unspecified atom stereocenters. The van der Waals surface area contributed by atoms with E-state index in [0.29, 0.717) is 16.7 Å². The Morgan fingerprint density at radius 1 is 1.14 bits per heavy atom. The Labute approximate surface area is 164 Å². The zero-order valence-electron chi connectivity index (χ0n) is 15.7. The standard InChI is InChI=1S/C21H19NO5S/c1-14(2)28(25,26)19-8-4-15(3)17(11-19)6-7-18-10-16(12-22)5-9-20(18)27-13-21(23)24/h4-5,8-11,14H,13H2,1-3H3,(H,23,24). The number of carboxylic acids is 1. The molecule has 0 saturated carbocycles. The lowest BCUT2D eigenvalue weighted by Gasteiger charge is -2.09. The second-order valence-corrected chi connectivity index (χ2v) is 8.83. The summed E-state index contributed by atoms with van der Waals surface area (Å²) in [4.78, 5) is 10.9. The Morgan fingerprint density at radius 2 is 1.82 bits per heavy atom. The van der Waals surface area contributed by atoms with Crippen molar-refractivity contribution < 1.29 is 23.1 Å². The van der Waals surface area contributed by atoms with Crippen LogP contribution in [-0.2, 0) is 14.6 Å². The maximum absolute atomic E-state index is 12.4. The molecule has 0 amide bonds. The first-order chi connectivity index (χ1) is 13.1. The molecule has 6 nitrogen and oxygen atoms in total. The summed E-state index contributed by atoms with van der Waals surface area (Å²) < 4.78 is 30.0. The third-order valence-electron chi connectivity index (χ3n) is 3.95. The molecule has 0 bridgehead atoms. The summed E-state index contributed by atoms with van der Waals surface area (Å²) in [6.07, 6.45) is 0. The van der Waals surface area contributed by atoms with Gasteiger partial charge in [-0.25, -0.2) is 13.2 Å². The number of aliphatic carboxylic acids is 1. The monoisotopic (exact) mass is 397 g/mol. The van der Waals surface area contributed by atoms with Crippen LogP contribution in [0.15, 0.2) is 41.3 Å². The van der Waals surface area contributed by atoms with E-state index < -0.39 is 27.7 Å². The molecular weight excluding hydrogens is 378 g/mol. The van der Waals surface area contributed by atoms with Crippen LogP contribution in [0.3, 0.4) is 0 Å². The van der Waals surface area contributed by atoms with Crippen LogP contribution in [0, 0.1) is 30.1 Å². The summed E-state index contributed by atoms with van der Waals surface area (Å²) in [5, 5.41) is 17.3. The normalized spacial score (nSPS) is 10.7. The van der Waals surface area contributed by atoms with E-state index in [2.05, 4.69) is 11.8 Å². The maximum Gasteiger partial charge on any atom is 0.341 e. The van der Waals surface area contributed by atoms with Gasteiger partial charge in [-0.15, -0.1) is 0 Å². The van der Waals surface area contributed by atoms with Crippen LogP contribution in [0.25, 0.3) is 0 Å². The number of hydrogen-bond acceptors (Lipinski definition) is 5. The highest BCUT2D eigenvalue weighted by Crippen LogP contribution is 2.21. The molecule has 144 valence electrons. The first-order valence-corrected chi connectivity index (χ1v) is 9.95. The second-order valence-electron chi connectivity index (χ2n) is 6.33. The van der Waals surface area contributed by atoms with Crippen LogP contribution < -0.4 is 4.74 Å². The van der Waals surface area contributed by atoms with E-state index in [4.69, 9.17) is 15.1 Å². The molecule has 2 aromatic carbocycles. The molecule has 28 heavy (non-hydrogen) atoms. The van der Waals surface area contributed by atoms with Gasteiger partial charge < -0.3 is 9.84 Å². The van der Waals surface area contributed by atoms with Gasteiger partial charge in [0.05, 0.1) is 27.3 Å². The summed E-state index contributed by atoms with van der Waals surface area (Å²) in [6, 6.07) is 11.2. The van der Waals surface area contributed by atoms with E-state index >= 15 is 0 Å². The molecule has 0 aromatic heterocycles. The predicted octanol–water partition coefficient (Wildman–Crippen LogP) is 2.91. The Kier molecular flexibility index (Phi) is 6.45. The van der Waals surface area contributed by atoms with Crippen LogP contribution in [0.5, 0.6) is 5.75 Å². The van der Waals surface area contributed by atoms with Crippen LogP contribution >= 0.6 is 0 Å². The van der Waals surface area contributed by atoms with Crippen LogP contribution in [0.2, 0.25) is 0 Å². The third kappa shape index (κ3) is 4.91. The van der Waals surface area contributed by atoms with E-state index in [0.717, 1.165) is 5.56 Å². The molecule has 0 aliphatic carbocycles. The summed E-state index contributed by atoms with van der Waals surface area (Å²) in [5.41, 5.74) is 2.00. The third-order valence-corrected chi connectivity index (χ3v) is 6.10. The zero-order chi connectivity index (χ0) is 20.9. The van der Waals surface area contributed by atoms with Crippen molar-refractivity contribution in [1.29, 1.82) is 5.26 Å². The second kappa shape index (κ2) is 8.60. The van der Waals surface area contributed by atoms with Crippen molar-refractivity contribution in [3.8, 4) is 23.7 Å². The quantitative estimate of drug-likeness (QED) is 0.778. The Bertz CT molecular complexity index is 1120. The molecule has 0 saturated heterocycles. The SMILES string of the molecule is Cc1ccc(S(=O)(=O)C(C)C)cc1C#Cc1cc(C#N)ccc1OCC(=O)O. The Morgan fingerprint density at radius 3 is 2.43 bits per heavy atom. The number of nitrogens with zero attached hydrogens (tertiary/aromatic N) is 1. The number of benzene rings is 2. The van der Waals surface area contributed by atoms with Crippen molar-refractivity contribution in [2.75, 3.05) is 6.61 Å². The molecule has 0 atom stereocenters. The largest absolute Gasteiger partial charge is 0.481 e. The van der Waals surface area contributed by atoms with Gasteiger partial charge >= 0.3 is 5.97 Å². The van der Waals surface area contributed by atoms with Gasteiger partial charge in [0.1, 0.15) is 5.75 Å². The van der Waals surface area contributed by atoms with Crippen molar-refractivity contribution in [2.24, 2.45) is 0 Å². The molecule has 2 rings (SSSR count). The lowest BCUT2D eigenvalue weighted by Crippen LogP contribution is -2.14. The van der Waals surface area contributed by atoms with Crippen LogP contribution in [0.4, 0.5) is 0 Å². The smallest absolute Gasteiger partial charge is 0.341 e. The minimum atomic E-state index is -3.44. The lowest BCUT2D eigenvalue weighted by atomic mass is 10.1. The Balaban J connectivity index is 2.50. The van der Waals surface area contributed by atoms with Crippen molar-refractivity contribution in [2.45, 2.75) is 30.9 Å². The van der Waals surface area contributed by atoms with E-state index in [1.165, 1.54) is 24.3 Å². The molecular formula is C21H19NO5S. The van der Waals surface area contributed by atoms with Crippen molar-refractivity contribution >= 4 is 15.8 Å². The van der Waals surface area contributed by atoms with E-state index in [9.17, 15) is 13.2 Å². The van der Waals surface area contributed by atoms with Gasteiger partial charge in [-0.2, -0.15) is 5.26 Å². The number of nitriles is 1. The highest BCUT2D eigenvalue weighted by atomic mass is 32.2. The zero-order valence-corrected chi connectivity index (χ0v) is 16.5. The van der Waals surface area contributed by atoms with Crippen LogP contribution in [-0.4, -0.2) is 31.4 Å². The highest BCUT2D eigenvalue weighted by Gasteiger charge is 2.19. The van der Waals surface area contributed by atoms with Crippen molar-refractivity contribution in [3.63, 3.8) is 0 Å². The first-order valence-electron chi connectivity index (χ1n) is 8.40. The molecule has 7 heteroatoms. The minimum absolute atomic E-state index is 0.186. The summed E-state index contributed by atoms with van der Waals surface area (Å²) in [6.45, 7) is 4.49. The van der Waals surface area contributed by atoms with Gasteiger partial charge in [0, 0.05) is 5.56 Å². The predicted molar refractivity (Wildman–Crippen MR) is 104 cm³/mol. The van der Waals surface area contributed by atoms with Gasteiger partial charge in [0.25, 0.3) is 0 Å². The highest BCUT2D eigenvalue weighted by molar-refractivity contribution is 7.92. The fourth-order valence-corrected chi connectivity index (χ4v) is 3.37. The van der Waals surface area contributed by atoms with Crippen molar-refractivity contribution in [1.82, 2.24) is 0 Å². The molecule has 2 aromatic rings. The fourth-order valence-electron chi connectivity index (χ4n) is 2.28. The number of ether oxygens (including phenoxy) is 1. The van der Waals surface area contributed by atoms with Gasteiger partial charge in [0.15, 0.2) is 16.4 Å². The molecule has 0 fully saturated rings. The lowest BCUT2D eigenvalue weighted by molar-refractivity contribution is -0.139. The van der Waals surface area contributed by atoms with Crippen LogP contribution in [0.1, 0.15) is 36.1 Å². The number of carbonyl (C=O) groups is 1. The van der Waals surface area contributed by atoms with Gasteiger partial charge in [-0.1, -0.05) is 17.9 Å². The van der Waals surface area contributed by atoms with E-state index in [1.807, 2.05) is 13.0 Å². The number of aryl methyl sites for hydroxylation is 1. The average molecular weight is 397 g/mol. The summed E-state index contributed by atoms with van der Waals surface area (Å²) >= 11 is 0. The Hall–Kier alpha value is -3.29. The minimum Gasteiger partial charge on any atom is -0.481 e. The molecule has 1 N–H and O–H groups in total. The molecule has 0 aliphatic heterocycles. The fraction of sp³-hybridized carbons (Fsp3) is 0.238. The van der Waals surface area contributed by atoms with E-state index in [1.54, 1.807) is 26.0 Å². The maximum atomic E-state index is 12.4. The van der Waals surface area contributed by atoms with E-state index in [-0.39, 0.29) is 10.6 Å².